The van der Waals surface area contributed by atoms with Gasteiger partial charge >= 0.3 is 0 Å². The molecule has 0 fully saturated rings. The van der Waals surface area contributed by atoms with E-state index in [0.717, 1.165) is 46.7 Å². The molecule has 0 unspecified atom stereocenters. The second-order valence-electron chi connectivity index (χ2n) is 10.8. The van der Waals surface area contributed by atoms with E-state index in [-0.39, 0.29) is 16.5 Å². The summed E-state index contributed by atoms with van der Waals surface area (Å²) in [4.78, 5) is 0. The molecule has 11 heteroatoms. The molecule has 0 aliphatic heterocycles. The quantitative estimate of drug-likeness (QED) is 0.0863. The number of hydrogen-bond acceptors (Lipinski definition) is 6. The number of imidazole rings is 2. The smallest absolute Gasteiger partial charge is 0.186 e. The van der Waals surface area contributed by atoms with E-state index in [9.17, 15) is 0 Å². The Balaban J connectivity index is 0.000000216. The molecule has 0 aliphatic carbocycles. The van der Waals surface area contributed by atoms with E-state index in [2.05, 4.69) is 51.3 Å². The maximum atomic E-state index is 5.68. The minimum absolute atomic E-state index is 0. The molecule has 6 aromatic rings. The Kier molecular flexibility index (Phi) is 13.3. The summed E-state index contributed by atoms with van der Waals surface area (Å²) in [6, 6.07) is 32.3. The zero-order chi connectivity index (χ0) is 34.5. The largest absolute Gasteiger partial charge is 0.762 e. The zero-order valence-corrected chi connectivity index (χ0v) is 32.7. The van der Waals surface area contributed by atoms with Crippen molar-refractivity contribution in [3.8, 4) is 22.7 Å². The fourth-order valence-corrected chi connectivity index (χ4v) is 7.27. The molecule has 2 aromatic heterocycles. The van der Waals surface area contributed by atoms with E-state index < -0.39 is 0 Å². The molecule has 0 N–H and O–H groups in total. The molecule has 0 aliphatic rings. The Hall–Kier alpha value is -3.41. The van der Waals surface area contributed by atoms with Gasteiger partial charge in [-0.2, -0.15) is 0 Å². The van der Waals surface area contributed by atoms with Crippen LogP contribution in [0, 0.1) is 9.54 Å². The molecular weight excluding hydrogens is 764 g/mol. The van der Waals surface area contributed by atoms with Gasteiger partial charge in [0, 0.05) is 39.2 Å². The van der Waals surface area contributed by atoms with Crippen LogP contribution in [0.4, 0.5) is 0 Å². The summed E-state index contributed by atoms with van der Waals surface area (Å²) >= 11 is 33.5. The molecule has 6 rings (SSSR count). The van der Waals surface area contributed by atoms with Gasteiger partial charge in [-0.1, -0.05) is 87.7 Å². The summed E-state index contributed by atoms with van der Waals surface area (Å²) in [5.74, 6) is 0. The van der Waals surface area contributed by atoms with Gasteiger partial charge in [0.2, 0.25) is 0 Å². The van der Waals surface area contributed by atoms with Gasteiger partial charge in [0.1, 0.15) is 0 Å². The first kappa shape index (κ1) is 38.4. The maximum absolute atomic E-state index is 5.68. The van der Waals surface area contributed by atoms with Crippen LogP contribution < -0.4 is 0 Å². The number of hydrogen-bond donors (Lipinski definition) is 0. The Morgan fingerprint density at radius 3 is 0.898 bits per heavy atom. The predicted molar refractivity (Wildman–Crippen MR) is 213 cm³/mol. The third kappa shape index (κ3) is 8.00. The van der Waals surface area contributed by atoms with Crippen LogP contribution in [0.1, 0.15) is 36.1 Å². The molecule has 4 nitrogen and oxygen atoms in total. The van der Waals surface area contributed by atoms with Crippen molar-refractivity contribution < 1.29 is 16.5 Å². The van der Waals surface area contributed by atoms with Crippen LogP contribution in [-0.4, -0.2) is 18.3 Å². The van der Waals surface area contributed by atoms with E-state index >= 15 is 0 Å². The Morgan fingerprint density at radius 1 is 0.469 bits per heavy atom. The van der Waals surface area contributed by atoms with Crippen molar-refractivity contribution in [3.05, 3.63) is 142 Å². The van der Waals surface area contributed by atoms with Crippen LogP contribution in [0.25, 0.3) is 34.9 Å². The van der Waals surface area contributed by atoms with E-state index in [1.807, 2.05) is 91.1 Å². The molecule has 49 heavy (non-hydrogen) atoms. The van der Waals surface area contributed by atoms with Crippen molar-refractivity contribution in [1.29, 1.82) is 0 Å². The molecule has 254 valence electrons. The SMILES string of the molecule is C=Cc1ccc(-n2c([S-])c([S-])n(-c3ccc(C=C)cc3)c2=S)cc1.CCc1ccc(-n2c([S-])c([S-])n(-c3ccc(CC)cc3)c2=S)cc1.[Ni]. The van der Waals surface area contributed by atoms with E-state index in [1.165, 1.54) is 11.1 Å². The van der Waals surface area contributed by atoms with E-state index in [1.54, 1.807) is 12.2 Å². The van der Waals surface area contributed by atoms with Gasteiger partial charge in [-0.25, -0.2) is 0 Å². The molecule has 2 heterocycles. The first-order chi connectivity index (χ1) is 23.1. The third-order valence-electron chi connectivity index (χ3n) is 7.92. The number of nitrogens with zero attached hydrogens (tertiary/aromatic N) is 4. The van der Waals surface area contributed by atoms with E-state index in [0.29, 0.717) is 29.6 Å². The van der Waals surface area contributed by atoms with Crippen LogP contribution >= 0.6 is 24.4 Å². The van der Waals surface area contributed by atoms with Gasteiger partial charge in [-0.15, -0.1) is 20.1 Å². The second-order valence-corrected chi connectivity index (χ2v) is 13.0. The van der Waals surface area contributed by atoms with Gasteiger partial charge in [0.05, 0.1) is 0 Å². The van der Waals surface area contributed by atoms with Gasteiger partial charge in [0.15, 0.2) is 9.54 Å². The molecule has 0 saturated heterocycles. The normalized spacial score (nSPS) is 10.5. The molecule has 0 bridgehead atoms. The summed E-state index contributed by atoms with van der Waals surface area (Å²) in [5, 5.41) is 2.24. The number of aryl methyl sites for hydroxylation is 2. The maximum Gasteiger partial charge on any atom is 0.186 e. The average Bonchev–Trinajstić information content (AvgIpc) is 3.49. The summed E-state index contributed by atoms with van der Waals surface area (Å²) in [6.07, 6.45) is 5.60. The minimum Gasteiger partial charge on any atom is -0.762 e. The second kappa shape index (κ2) is 17.0. The van der Waals surface area contributed by atoms with Crippen molar-refractivity contribution in [1.82, 2.24) is 18.3 Å². The van der Waals surface area contributed by atoms with Crippen LogP contribution in [0.2, 0.25) is 0 Å². The first-order valence-corrected chi connectivity index (χ1v) is 17.7. The molecule has 0 saturated carbocycles. The Labute approximate surface area is 330 Å². The Morgan fingerprint density at radius 2 is 0.694 bits per heavy atom. The molecule has 0 radical (unpaired) electrons. The van der Waals surface area contributed by atoms with Crippen LogP contribution in [0.15, 0.2) is 130 Å². The third-order valence-corrected chi connectivity index (χ3v) is 10.4. The predicted octanol–water partition coefficient (Wildman–Crippen LogP) is 10.0. The van der Waals surface area contributed by atoms with Crippen LogP contribution in [-0.2, 0) is 79.8 Å². The number of benzene rings is 4. The molecule has 4 aromatic carbocycles. The fraction of sp³-hybridized carbons (Fsp3) is 0.105. The van der Waals surface area contributed by atoms with Gasteiger partial charge in [0.25, 0.3) is 0 Å². The summed E-state index contributed by atoms with van der Waals surface area (Å²) in [6.45, 7) is 11.8. The number of aromatic nitrogens is 4. The fourth-order valence-electron chi connectivity index (χ4n) is 5.12. The van der Waals surface area contributed by atoms with Gasteiger partial charge in [-0.3, -0.25) is 0 Å². The van der Waals surface area contributed by atoms with Crippen molar-refractivity contribution in [2.75, 3.05) is 0 Å². The van der Waals surface area contributed by atoms with Crippen molar-refractivity contribution >= 4 is 87.1 Å². The van der Waals surface area contributed by atoms with Gasteiger partial charge in [-0.05, 0) is 108 Å². The van der Waals surface area contributed by atoms with Crippen LogP contribution in [0.5, 0.6) is 0 Å². The average molecular weight is 796 g/mol. The molecule has 0 amide bonds. The summed E-state index contributed by atoms with van der Waals surface area (Å²) in [5.41, 5.74) is 8.33. The standard InChI is InChI=1S/C19H20N2S3.C19H16N2S3.Ni/c2*1-3-13-5-9-15(10-6-13)20-17(22)18(23)21(19(20)24)16-11-7-14(4-2)8-12-16;/h5-12,22-23H,3-4H2,1-2H3;3-12,22-23H,1-2H2;/p-4. The van der Waals surface area contributed by atoms with Gasteiger partial charge < -0.3 is 68.8 Å². The molecule has 0 spiro atoms. The molecular formula is C38H32N4NiS6-4. The summed E-state index contributed by atoms with van der Waals surface area (Å²) in [7, 11) is 0. The summed E-state index contributed by atoms with van der Waals surface area (Å²) < 4.78 is 8.56. The monoisotopic (exact) mass is 794 g/mol. The molecule has 0 atom stereocenters. The number of rotatable bonds is 8. The minimum atomic E-state index is 0. The van der Waals surface area contributed by atoms with Crippen LogP contribution in [0.3, 0.4) is 0 Å². The zero-order valence-electron chi connectivity index (χ0n) is 26.8. The van der Waals surface area contributed by atoms with Crippen molar-refractivity contribution in [2.45, 2.75) is 46.8 Å². The first-order valence-electron chi connectivity index (χ1n) is 15.2. The topological polar surface area (TPSA) is 19.7 Å². The van der Waals surface area contributed by atoms with Crippen molar-refractivity contribution in [2.24, 2.45) is 0 Å². The van der Waals surface area contributed by atoms with Crippen molar-refractivity contribution in [3.63, 3.8) is 0 Å². The Bertz CT molecular complexity index is 2040. The van der Waals surface area contributed by atoms with E-state index in [4.69, 9.17) is 75.0 Å².